The third-order valence-electron chi connectivity index (χ3n) is 5.98. The molecule has 2 rings (SSSR count). The summed E-state index contributed by atoms with van der Waals surface area (Å²) in [5.74, 6) is -1.12. The maximum atomic E-state index is 13.3. The van der Waals surface area contributed by atoms with Gasteiger partial charge in [-0.1, -0.05) is 51.1 Å². The fraction of sp³-hybridized carbons (Fsp3) is 0.667. The normalized spacial score (nSPS) is 22.3. The van der Waals surface area contributed by atoms with Crippen LogP contribution in [0.3, 0.4) is 0 Å². The van der Waals surface area contributed by atoms with Crippen LogP contribution in [-0.2, 0) is 34.8 Å². The Morgan fingerprint density at radius 3 is 2.29 bits per heavy atom. The predicted octanol–water partition coefficient (Wildman–Crippen LogP) is 4.66. The molecule has 1 aromatic rings. The average Bonchev–Trinajstić information content (AvgIpc) is 2.93. The molecule has 0 saturated carbocycles. The Kier molecular flexibility index (Phi) is 8.38. The fourth-order valence-electron chi connectivity index (χ4n) is 3.24. The van der Waals surface area contributed by atoms with Crippen LogP contribution in [0.4, 0.5) is 0 Å². The molecule has 0 spiro atoms. The summed E-state index contributed by atoms with van der Waals surface area (Å²) in [6.45, 7) is 15.9. The van der Waals surface area contributed by atoms with E-state index in [1.807, 2.05) is 30.3 Å². The van der Waals surface area contributed by atoms with Gasteiger partial charge in [-0.2, -0.15) is 0 Å². The molecule has 31 heavy (non-hydrogen) atoms. The van der Waals surface area contributed by atoms with Gasteiger partial charge < -0.3 is 18.6 Å². The molecule has 1 aliphatic rings. The van der Waals surface area contributed by atoms with Gasteiger partial charge in [-0.15, -0.1) is 0 Å². The van der Waals surface area contributed by atoms with Crippen LogP contribution in [0.1, 0.15) is 53.5 Å². The zero-order valence-corrected chi connectivity index (χ0v) is 21.2. The summed E-state index contributed by atoms with van der Waals surface area (Å²) < 4.78 is 24.3. The Labute approximate surface area is 187 Å². The zero-order chi connectivity index (χ0) is 23.4. The van der Waals surface area contributed by atoms with E-state index in [4.69, 9.17) is 18.6 Å². The van der Waals surface area contributed by atoms with E-state index in [0.29, 0.717) is 0 Å². The number of ketones is 2. The van der Waals surface area contributed by atoms with Crippen molar-refractivity contribution in [3.8, 4) is 0 Å². The van der Waals surface area contributed by atoms with Gasteiger partial charge in [0.2, 0.25) is 0 Å². The maximum absolute atomic E-state index is 13.3. The monoisotopic (exact) mass is 450 g/mol. The first-order valence-corrected chi connectivity index (χ1v) is 13.8. The summed E-state index contributed by atoms with van der Waals surface area (Å²) in [6, 6.07) is 9.66. The molecule has 0 radical (unpaired) electrons. The molecule has 1 aliphatic heterocycles. The van der Waals surface area contributed by atoms with Gasteiger partial charge in [-0.25, -0.2) is 0 Å². The highest BCUT2D eigenvalue weighted by molar-refractivity contribution is 6.74. The van der Waals surface area contributed by atoms with Crippen LogP contribution in [0, 0.1) is 0 Å². The van der Waals surface area contributed by atoms with Crippen LogP contribution in [0.2, 0.25) is 18.1 Å². The average molecular weight is 451 g/mol. The molecular formula is C24H38O6Si. The minimum atomic E-state index is -2.11. The van der Waals surface area contributed by atoms with Crippen LogP contribution in [0.15, 0.2) is 30.3 Å². The maximum Gasteiger partial charge on any atom is 0.192 e. The molecule has 0 N–H and O–H groups in total. The summed E-state index contributed by atoms with van der Waals surface area (Å²) in [6.07, 6.45) is -1.96. The van der Waals surface area contributed by atoms with Crippen molar-refractivity contribution >= 4 is 19.9 Å². The molecule has 3 atom stereocenters. The first-order chi connectivity index (χ1) is 14.2. The first kappa shape index (κ1) is 25.9. The molecule has 1 saturated heterocycles. The Bertz CT molecular complexity index is 753. The third-order valence-corrected chi connectivity index (χ3v) is 10.5. The number of rotatable bonds is 10. The van der Waals surface area contributed by atoms with Crippen molar-refractivity contribution in [1.82, 2.24) is 0 Å². The summed E-state index contributed by atoms with van der Waals surface area (Å²) in [7, 11) is -2.11. The van der Waals surface area contributed by atoms with E-state index in [1.165, 1.54) is 6.92 Å². The summed E-state index contributed by atoms with van der Waals surface area (Å²) in [5.41, 5.74) is 0.951. The topological polar surface area (TPSA) is 71.1 Å². The van der Waals surface area contributed by atoms with Crippen molar-refractivity contribution in [2.45, 2.75) is 96.8 Å². The summed E-state index contributed by atoms with van der Waals surface area (Å²) in [4.78, 5) is 25.1. The quantitative estimate of drug-likeness (QED) is 0.483. The minimum absolute atomic E-state index is 0.0141. The van der Waals surface area contributed by atoms with E-state index in [2.05, 4.69) is 33.9 Å². The molecule has 174 valence electrons. The summed E-state index contributed by atoms with van der Waals surface area (Å²) in [5, 5.41) is -0.0141. The molecule has 0 amide bonds. The molecule has 1 fully saturated rings. The van der Waals surface area contributed by atoms with Gasteiger partial charge in [0.15, 0.2) is 19.9 Å². The first-order valence-electron chi connectivity index (χ1n) is 10.9. The van der Waals surface area contributed by atoms with Crippen LogP contribution in [-0.4, -0.2) is 50.6 Å². The smallest absolute Gasteiger partial charge is 0.192 e. The molecular weight excluding hydrogens is 412 g/mol. The van der Waals surface area contributed by atoms with Crippen LogP contribution in [0.25, 0.3) is 0 Å². The number of Topliss-reactive ketones (excluding diaryl/α,β-unsaturated/α-hetero) is 2. The van der Waals surface area contributed by atoms with Crippen molar-refractivity contribution < 1.29 is 28.2 Å². The van der Waals surface area contributed by atoms with Crippen molar-refractivity contribution in [3.05, 3.63) is 35.9 Å². The highest BCUT2D eigenvalue weighted by Gasteiger charge is 2.48. The number of hydrogen-bond donors (Lipinski definition) is 0. The lowest BCUT2D eigenvalue weighted by atomic mass is 10.0. The van der Waals surface area contributed by atoms with E-state index >= 15 is 0 Å². The highest BCUT2D eigenvalue weighted by atomic mass is 28.4. The van der Waals surface area contributed by atoms with E-state index in [-0.39, 0.29) is 36.2 Å². The fourth-order valence-corrected chi connectivity index (χ4v) is 4.18. The van der Waals surface area contributed by atoms with Gasteiger partial charge in [0.05, 0.1) is 19.3 Å². The van der Waals surface area contributed by atoms with E-state index < -0.39 is 32.4 Å². The molecule has 0 aliphatic carbocycles. The molecule has 7 heteroatoms. The van der Waals surface area contributed by atoms with Crippen molar-refractivity contribution in [2.75, 3.05) is 6.61 Å². The number of benzene rings is 1. The van der Waals surface area contributed by atoms with E-state index in [0.717, 1.165) is 5.56 Å². The molecule has 0 unspecified atom stereocenters. The number of hydrogen-bond acceptors (Lipinski definition) is 6. The second-order valence-corrected chi connectivity index (χ2v) is 15.1. The third kappa shape index (κ3) is 7.32. The van der Waals surface area contributed by atoms with Gasteiger partial charge >= 0.3 is 0 Å². The second-order valence-electron chi connectivity index (χ2n) is 10.3. The SMILES string of the molecule is CC(=O)C[C@H]1OC(C)(C)O[C@@H]1[C@H](OCc1ccccc1)C(=O)CO[Si](C)(C)C(C)(C)C. The van der Waals surface area contributed by atoms with E-state index in [1.54, 1.807) is 13.8 Å². The molecule has 0 bridgehead atoms. The van der Waals surface area contributed by atoms with Crippen molar-refractivity contribution in [1.29, 1.82) is 0 Å². The number of carbonyl (C=O) groups excluding carboxylic acids is 2. The van der Waals surface area contributed by atoms with Crippen LogP contribution >= 0.6 is 0 Å². The van der Waals surface area contributed by atoms with Crippen molar-refractivity contribution in [3.63, 3.8) is 0 Å². The second kappa shape index (κ2) is 10.0. The minimum Gasteiger partial charge on any atom is -0.409 e. The standard InChI is InChI=1S/C24H38O6Si/c1-17(25)14-20-22(30-24(5,6)29-20)21(27-15-18-12-10-9-11-13-18)19(26)16-28-31(7,8)23(2,3)4/h9-13,20-22H,14-16H2,1-8H3/t20-,21-,22+/m1/s1. The Hall–Kier alpha value is -1.38. The molecule has 1 heterocycles. The van der Waals surface area contributed by atoms with Crippen LogP contribution < -0.4 is 0 Å². The lowest BCUT2D eigenvalue weighted by molar-refractivity contribution is -0.167. The van der Waals surface area contributed by atoms with Gasteiger partial charge in [0.25, 0.3) is 0 Å². The lowest BCUT2D eigenvalue weighted by Crippen LogP contribution is -2.48. The number of ether oxygens (including phenoxy) is 3. The van der Waals surface area contributed by atoms with Gasteiger partial charge in [-0.3, -0.25) is 9.59 Å². The largest absolute Gasteiger partial charge is 0.409 e. The van der Waals surface area contributed by atoms with Crippen LogP contribution in [0.5, 0.6) is 0 Å². The Morgan fingerprint density at radius 1 is 1.13 bits per heavy atom. The molecule has 6 nitrogen and oxygen atoms in total. The Balaban J connectivity index is 2.22. The summed E-state index contributed by atoms with van der Waals surface area (Å²) >= 11 is 0. The van der Waals surface area contributed by atoms with Gasteiger partial charge in [0.1, 0.15) is 18.0 Å². The van der Waals surface area contributed by atoms with E-state index in [9.17, 15) is 9.59 Å². The predicted molar refractivity (Wildman–Crippen MR) is 122 cm³/mol. The van der Waals surface area contributed by atoms with Gasteiger partial charge in [-0.05, 0) is 44.5 Å². The molecule has 0 aromatic heterocycles. The Morgan fingerprint density at radius 2 is 1.74 bits per heavy atom. The van der Waals surface area contributed by atoms with Crippen molar-refractivity contribution in [2.24, 2.45) is 0 Å². The molecule has 1 aromatic carbocycles. The van der Waals surface area contributed by atoms with Gasteiger partial charge in [0, 0.05) is 6.42 Å². The lowest BCUT2D eigenvalue weighted by Gasteiger charge is -2.36. The highest BCUT2D eigenvalue weighted by Crippen LogP contribution is 2.37. The number of carbonyl (C=O) groups is 2. The zero-order valence-electron chi connectivity index (χ0n) is 20.2.